The Hall–Kier alpha value is -1.63. The maximum absolute atomic E-state index is 11.6. The fourth-order valence-corrected chi connectivity index (χ4v) is 3.02. The van der Waals surface area contributed by atoms with Crippen molar-refractivity contribution in [1.82, 2.24) is 10.2 Å². The lowest BCUT2D eigenvalue weighted by Gasteiger charge is -2.00. The van der Waals surface area contributed by atoms with Crippen LogP contribution in [-0.2, 0) is 0 Å². The molecule has 2 amide bonds. The molecule has 0 aliphatic carbocycles. The van der Waals surface area contributed by atoms with Gasteiger partial charge in [-0.3, -0.25) is 10.6 Å². The van der Waals surface area contributed by atoms with Gasteiger partial charge in [-0.05, 0) is 17.5 Å². The Morgan fingerprint density at radius 2 is 2.39 bits per heavy atom. The van der Waals surface area contributed by atoms with E-state index in [0.717, 1.165) is 5.00 Å². The number of carbonyl (C=O) groups is 1. The van der Waals surface area contributed by atoms with Crippen LogP contribution in [0.2, 0.25) is 0 Å². The summed E-state index contributed by atoms with van der Waals surface area (Å²) in [7, 11) is 0. The molecule has 0 aliphatic rings. The van der Waals surface area contributed by atoms with Gasteiger partial charge < -0.3 is 0 Å². The number of nitriles is 1. The zero-order valence-corrected chi connectivity index (χ0v) is 11.4. The lowest BCUT2D eigenvalue weighted by Crippen LogP contribution is -2.18. The molecule has 2 aromatic rings. The third kappa shape index (κ3) is 3.69. The SMILES string of the molecule is N#CCSc1nnc(NC(=O)Nc2cccs2)s1. The summed E-state index contributed by atoms with van der Waals surface area (Å²) < 4.78 is 0.656. The van der Waals surface area contributed by atoms with Crippen LogP contribution >= 0.6 is 34.4 Å². The summed E-state index contributed by atoms with van der Waals surface area (Å²) in [4.78, 5) is 11.6. The van der Waals surface area contributed by atoms with Crippen molar-refractivity contribution in [3.8, 4) is 6.07 Å². The molecule has 2 heterocycles. The number of carbonyl (C=O) groups excluding carboxylic acids is 1. The first kappa shape index (κ1) is 12.8. The van der Waals surface area contributed by atoms with Crippen LogP contribution < -0.4 is 10.6 Å². The average Bonchev–Trinajstić information content (AvgIpc) is 2.98. The van der Waals surface area contributed by atoms with E-state index in [9.17, 15) is 4.79 Å². The predicted molar refractivity (Wildman–Crippen MR) is 73.2 cm³/mol. The van der Waals surface area contributed by atoms with Gasteiger partial charge in [0.25, 0.3) is 0 Å². The van der Waals surface area contributed by atoms with Gasteiger partial charge in [0.15, 0.2) is 4.34 Å². The summed E-state index contributed by atoms with van der Waals surface area (Å²) in [5, 5.41) is 24.4. The Morgan fingerprint density at radius 1 is 1.50 bits per heavy atom. The highest BCUT2D eigenvalue weighted by Crippen LogP contribution is 2.25. The van der Waals surface area contributed by atoms with Gasteiger partial charge in [-0.25, -0.2) is 4.79 Å². The van der Waals surface area contributed by atoms with Crippen molar-refractivity contribution in [2.45, 2.75) is 4.34 Å². The maximum atomic E-state index is 11.6. The highest BCUT2D eigenvalue weighted by molar-refractivity contribution is 8.01. The molecular weight excluding hydrogens is 290 g/mol. The van der Waals surface area contributed by atoms with E-state index >= 15 is 0 Å². The molecule has 0 aromatic carbocycles. The lowest BCUT2D eigenvalue weighted by atomic mass is 10.6. The number of hydrogen-bond acceptors (Lipinski definition) is 7. The van der Waals surface area contributed by atoms with Gasteiger partial charge in [0.05, 0.1) is 16.8 Å². The largest absolute Gasteiger partial charge is 0.326 e. The number of thioether (sulfide) groups is 1. The van der Waals surface area contributed by atoms with E-state index in [1.165, 1.54) is 34.4 Å². The van der Waals surface area contributed by atoms with Crippen molar-refractivity contribution in [1.29, 1.82) is 5.26 Å². The molecule has 0 unspecified atom stereocenters. The molecular formula is C9H7N5OS3. The molecule has 6 nitrogen and oxygen atoms in total. The fourth-order valence-electron chi connectivity index (χ4n) is 1.00. The standard InChI is InChI=1S/C9H7N5OS3/c10-3-5-17-9-14-13-8(18-9)12-7(15)11-6-2-1-4-16-6/h1-2,4H,5H2,(H2,11,12,13,15). The fraction of sp³-hybridized carbons (Fsp3) is 0.111. The predicted octanol–water partition coefficient (Wildman–Crippen LogP) is 2.86. The minimum absolute atomic E-state index is 0.316. The van der Waals surface area contributed by atoms with Crippen LogP contribution in [0.5, 0.6) is 0 Å². The summed E-state index contributed by atoms with van der Waals surface area (Å²) in [6, 6.07) is 5.30. The summed E-state index contributed by atoms with van der Waals surface area (Å²) in [5.74, 6) is 0.316. The van der Waals surface area contributed by atoms with E-state index in [1.807, 2.05) is 17.5 Å². The Labute approximate surface area is 115 Å². The molecule has 0 saturated heterocycles. The summed E-state index contributed by atoms with van der Waals surface area (Å²) in [5.41, 5.74) is 0. The Balaban J connectivity index is 1.87. The van der Waals surface area contributed by atoms with Crippen LogP contribution in [0, 0.1) is 11.3 Å². The molecule has 0 atom stereocenters. The molecule has 0 aliphatic heterocycles. The summed E-state index contributed by atoms with van der Waals surface area (Å²) in [6.45, 7) is 0. The van der Waals surface area contributed by atoms with Crippen molar-refractivity contribution < 1.29 is 4.79 Å². The summed E-state index contributed by atoms with van der Waals surface area (Å²) in [6.07, 6.45) is 0. The molecule has 0 fully saturated rings. The van der Waals surface area contributed by atoms with Crippen LogP contribution in [-0.4, -0.2) is 22.0 Å². The first-order valence-electron chi connectivity index (χ1n) is 4.72. The van der Waals surface area contributed by atoms with Crippen molar-refractivity contribution >= 4 is 50.6 Å². The first-order valence-corrected chi connectivity index (χ1v) is 7.41. The molecule has 2 rings (SSSR count). The van der Waals surface area contributed by atoms with Gasteiger partial charge in [0, 0.05) is 0 Å². The van der Waals surface area contributed by atoms with Gasteiger partial charge in [0.1, 0.15) is 0 Å². The van der Waals surface area contributed by atoms with E-state index in [4.69, 9.17) is 5.26 Å². The van der Waals surface area contributed by atoms with E-state index in [-0.39, 0.29) is 6.03 Å². The second-order valence-corrected chi connectivity index (χ2v) is 6.02. The van der Waals surface area contributed by atoms with Crippen LogP contribution in [0.4, 0.5) is 14.9 Å². The van der Waals surface area contributed by atoms with Crippen molar-refractivity contribution in [2.24, 2.45) is 0 Å². The molecule has 0 saturated carbocycles. The van der Waals surface area contributed by atoms with E-state index in [1.54, 1.807) is 6.07 Å². The van der Waals surface area contributed by atoms with Crippen molar-refractivity contribution in [3.63, 3.8) is 0 Å². The second kappa shape index (κ2) is 6.34. The monoisotopic (exact) mass is 297 g/mol. The Bertz CT molecular complexity index is 559. The van der Waals surface area contributed by atoms with Gasteiger partial charge >= 0.3 is 6.03 Å². The Morgan fingerprint density at radius 3 is 3.11 bits per heavy atom. The number of urea groups is 1. The minimum atomic E-state index is -0.356. The first-order chi connectivity index (χ1) is 8.78. The van der Waals surface area contributed by atoms with Gasteiger partial charge in [-0.1, -0.05) is 23.1 Å². The Kier molecular flexibility index (Phi) is 4.52. The quantitative estimate of drug-likeness (QED) is 0.669. The lowest BCUT2D eigenvalue weighted by molar-refractivity contribution is 0.262. The van der Waals surface area contributed by atoms with E-state index < -0.39 is 0 Å². The number of anilines is 2. The number of nitrogens with one attached hydrogen (secondary N) is 2. The van der Waals surface area contributed by atoms with Crippen LogP contribution in [0.1, 0.15) is 0 Å². The van der Waals surface area contributed by atoms with Crippen LogP contribution in [0.25, 0.3) is 0 Å². The maximum Gasteiger partial charge on any atom is 0.326 e. The topological polar surface area (TPSA) is 90.7 Å². The number of rotatable bonds is 4. The molecule has 9 heteroatoms. The highest BCUT2D eigenvalue weighted by atomic mass is 32.2. The molecule has 0 spiro atoms. The van der Waals surface area contributed by atoms with Crippen LogP contribution in [0.3, 0.4) is 0 Å². The molecule has 2 aromatic heterocycles. The number of amides is 2. The molecule has 18 heavy (non-hydrogen) atoms. The number of aromatic nitrogens is 2. The smallest absolute Gasteiger partial charge is 0.299 e. The third-order valence-electron chi connectivity index (χ3n) is 1.65. The minimum Gasteiger partial charge on any atom is -0.299 e. The summed E-state index contributed by atoms with van der Waals surface area (Å²) >= 11 is 3.96. The average molecular weight is 297 g/mol. The number of nitrogens with zero attached hydrogens (tertiary/aromatic N) is 3. The second-order valence-electron chi connectivity index (χ2n) is 2.88. The molecule has 0 radical (unpaired) electrons. The third-order valence-corrected chi connectivity index (χ3v) is 4.27. The van der Waals surface area contributed by atoms with Gasteiger partial charge in [0.2, 0.25) is 5.13 Å². The zero-order chi connectivity index (χ0) is 12.8. The van der Waals surface area contributed by atoms with Gasteiger partial charge in [-0.15, -0.1) is 21.5 Å². The molecule has 0 bridgehead atoms. The molecule has 2 N–H and O–H groups in total. The van der Waals surface area contributed by atoms with E-state index in [2.05, 4.69) is 20.8 Å². The van der Waals surface area contributed by atoms with Crippen molar-refractivity contribution in [2.75, 3.05) is 16.4 Å². The normalized spacial score (nSPS) is 9.72. The zero-order valence-electron chi connectivity index (χ0n) is 8.91. The van der Waals surface area contributed by atoms with Crippen molar-refractivity contribution in [3.05, 3.63) is 17.5 Å². The number of hydrogen-bond donors (Lipinski definition) is 2. The highest BCUT2D eigenvalue weighted by Gasteiger charge is 2.08. The van der Waals surface area contributed by atoms with E-state index in [0.29, 0.717) is 15.2 Å². The molecule has 92 valence electrons. The van der Waals surface area contributed by atoms with Gasteiger partial charge in [-0.2, -0.15) is 5.26 Å². The number of thiophene rings is 1. The van der Waals surface area contributed by atoms with Crippen LogP contribution in [0.15, 0.2) is 21.9 Å².